The molecule has 0 amide bonds. The highest BCUT2D eigenvalue weighted by molar-refractivity contribution is 5.44. The molecule has 0 heterocycles. The van der Waals surface area contributed by atoms with Crippen LogP contribution in [0.25, 0.3) is 0 Å². The second-order valence-electron chi connectivity index (χ2n) is 4.25. The quantitative estimate of drug-likeness (QED) is 0.747. The lowest BCUT2D eigenvalue weighted by Crippen LogP contribution is -2.21. The Morgan fingerprint density at radius 3 is 1.94 bits per heavy atom. The van der Waals surface area contributed by atoms with Crippen LogP contribution in [-0.4, -0.2) is 19.7 Å². The van der Waals surface area contributed by atoms with Crippen molar-refractivity contribution in [2.75, 3.05) is 13.2 Å². The molecule has 18 heavy (non-hydrogen) atoms. The molecule has 0 saturated heterocycles. The van der Waals surface area contributed by atoms with E-state index in [-0.39, 0.29) is 0 Å². The molecule has 0 aliphatic rings. The van der Waals surface area contributed by atoms with Crippen LogP contribution in [0.5, 0.6) is 11.5 Å². The molecule has 0 atom stereocenters. The van der Waals surface area contributed by atoms with Crippen LogP contribution < -0.4 is 9.47 Å². The van der Waals surface area contributed by atoms with Gasteiger partial charge < -0.3 is 14.2 Å². The molecule has 4 nitrogen and oxygen atoms in total. The SMILES string of the molecule is CCOc1cc(OCC)cc(C(C)(C)O[C]=O)c1. The van der Waals surface area contributed by atoms with Gasteiger partial charge in [0.2, 0.25) is 0 Å². The Bertz CT molecular complexity index is 375. The summed E-state index contributed by atoms with van der Waals surface area (Å²) in [4.78, 5) is 10.4. The van der Waals surface area contributed by atoms with Crippen molar-refractivity contribution in [3.63, 3.8) is 0 Å². The zero-order valence-corrected chi connectivity index (χ0v) is 11.3. The highest BCUT2D eigenvalue weighted by Gasteiger charge is 2.24. The van der Waals surface area contributed by atoms with Gasteiger partial charge in [-0.1, -0.05) is 0 Å². The molecule has 0 saturated carbocycles. The van der Waals surface area contributed by atoms with Gasteiger partial charge in [-0.3, -0.25) is 0 Å². The van der Waals surface area contributed by atoms with E-state index in [9.17, 15) is 4.79 Å². The molecule has 0 fully saturated rings. The predicted octanol–water partition coefficient (Wildman–Crippen LogP) is 2.80. The molecule has 0 spiro atoms. The molecule has 0 N–H and O–H groups in total. The molecule has 1 aromatic carbocycles. The summed E-state index contributed by atoms with van der Waals surface area (Å²) in [6.45, 7) is 10.0. The first-order valence-electron chi connectivity index (χ1n) is 5.99. The number of carbonyl (C=O) groups excluding carboxylic acids is 1. The number of rotatable bonds is 7. The summed E-state index contributed by atoms with van der Waals surface area (Å²) < 4.78 is 15.9. The topological polar surface area (TPSA) is 44.8 Å². The van der Waals surface area contributed by atoms with E-state index < -0.39 is 5.60 Å². The second kappa shape index (κ2) is 6.28. The van der Waals surface area contributed by atoms with Crippen molar-refractivity contribution in [3.8, 4) is 11.5 Å². The zero-order valence-electron chi connectivity index (χ0n) is 11.3. The fourth-order valence-corrected chi connectivity index (χ4v) is 1.58. The van der Waals surface area contributed by atoms with Crippen molar-refractivity contribution < 1.29 is 19.0 Å². The van der Waals surface area contributed by atoms with Crippen LogP contribution in [0, 0.1) is 0 Å². The van der Waals surface area contributed by atoms with Crippen LogP contribution in [0.15, 0.2) is 18.2 Å². The molecule has 4 heteroatoms. The van der Waals surface area contributed by atoms with Gasteiger partial charge in [-0.25, -0.2) is 4.79 Å². The van der Waals surface area contributed by atoms with Crippen LogP contribution >= 0.6 is 0 Å². The van der Waals surface area contributed by atoms with Gasteiger partial charge in [0.25, 0.3) is 0 Å². The highest BCUT2D eigenvalue weighted by atomic mass is 16.5. The zero-order chi connectivity index (χ0) is 13.6. The minimum Gasteiger partial charge on any atom is -0.494 e. The summed E-state index contributed by atoms with van der Waals surface area (Å²) in [7, 11) is 0. The van der Waals surface area contributed by atoms with Crippen LogP contribution in [0.2, 0.25) is 0 Å². The fraction of sp³-hybridized carbons (Fsp3) is 0.500. The molecule has 99 valence electrons. The van der Waals surface area contributed by atoms with Crippen LogP contribution in [-0.2, 0) is 15.1 Å². The van der Waals surface area contributed by atoms with Gasteiger partial charge in [-0.15, -0.1) is 0 Å². The van der Waals surface area contributed by atoms with Crippen molar-refractivity contribution in [2.45, 2.75) is 33.3 Å². The first-order chi connectivity index (χ1) is 8.53. The highest BCUT2D eigenvalue weighted by Crippen LogP contribution is 2.31. The summed E-state index contributed by atoms with van der Waals surface area (Å²) in [5, 5.41) is 0. The molecule has 0 bridgehead atoms. The molecular formula is C14H19O4. The summed E-state index contributed by atoms with van der Waals surface area (Å²) in [6.07, 6.45) is 0. The Kier molecular flexibility index (Phi) is 5.01. The van der Waals surface area contributed by atoms with Crippen LogP contribution in [0.1, 0.15) is 33.3 Å². The van der Waals surface area contributed by atoms with E-state index in [1.54, 1.807) is 13.8 Å². The van der Waals surface area contributed by atoms with E-state index in [0.717, 1.165) is 5.56 Å². The third-order valence-electron chi connectivity index (χ3n) is 2.49. The van der Waals surface area contributed by atoms with Gasteiger partial charge in [-0.2, -0.15) is 0 Å². The smallest absolute Gasteiger partial charge is 0.418 e. The van der Waals surface area contributed by atoms with E-state index >= 15 is 0 Å². The maximum absolute atomic E-state index is 10.4. The lowest BCUT2D eigenvalue weighted by atomic mass is 9.97. The minimum absolute atomic E-state index is 0.566. The van der Waals surface area contributed by atoms with Gasteiger partial charge in [0.1, 0.15) is 17.1 Å². The lowest BCUT2D eigenvalue weighted by Gasteiger charge is -2.23. The Balaban J connectivity index is 3.12. The molecular weight excluding hydrogens is 232 g/mol. The normalized spacial score (nSPS) is 10.9. The van der Waals surface area contributed by atoms with Gasteiger partial charge in [0.15, 0.2) is 0 Å². The number of hydrogen-bond donors (Lipinski definition) is 0. The van der Waals surface area contributed by atoms with E-state index in [4.69, 9.17) is 14.2 Å². The van der Waals surface area contributed by atoms with E-state index in [1.165, 1.54) is 6.47 Å². The summed E-state index contributed by atoms with van der Waals surface area (Å²) in [5.41, 5.74) is 0.0426. The Hall–Kier alpha value is -1.71. The molecule has 0 unspecified atom stereocenters. The molecule has 1 aromatic rings. The first-order valence-corrected chi connectivity index (χ1v) is 5.99. The average Bonchev–Trinajstić information content (AvgIpc) is 2.29. The predicted molar refractivity (Wildman–Crippen MR) is 68.6 cm³/mol. The van der Waals surface area contributed by atoms with Crippen LogP contribution in [0.4, 0.5) is 0 Å². The summed E-state index contributed by atoms with van der Waals surface area (Å²) >= 11 is 0. The van der Waals surface area contributed by atoms with Gasteiger partial charge >= 0.3 is 6.47 Å². The largest absolute Gasteiger partial charge is 0.494 e. The third-order valence-corrected chi connectivity index (χ3v) is 2.49. The van der Waals surface area contributed by atoms with Gasteiger partial charge in [-0.05, 0) is 39.8 Å². The lowest BCUT2D eigenvalue weighted by molar-refractivity contribution is 0.0871. The summed E-state index contributed by atoms with van der Waals surface area (Å²) in [6, 6.07) is 5.49. The summed E-state index contributed by atoms with van der Waals surface area (Å²) in [5.74, 6) is 1.39. The fourth-order valence-electron chi connectivity index (χ4n) is 1.58. The average molecular weight is 251 g/mol. The molecule has 0 aliphatic carbocycles. The molecule has 0 aliphatic heterocycles. The van der Waals surface area contributed by atoms with Gasteiger partial charge in [0, 0.05) is 11.6 Å². The van der Waals surface area contributed by atoms with E-state index in [0.29, 0.717) is 24.7 Å². The first kappa shape index (κ1) is 14.4. The van der Waals surface area contributed by atoms with Crippen molar-refractivity contribution in [1.82, 2.24) is 0 Å². The van der Waals surface area contributed by atoms with Crippen molar-refractivity contribution in [3.05, 3.63) is 23.8 Å². The molecule has 0 aromatic heterocycles. The van der Waals surface area contributed by atoms with Crippen molar-refractivity contribution in [2.24, 2.45) is 0 Å². The monoisotopic (exact) mass is 251 g/mol. The van der Waals surface area contributed by atoms with Crippen LogP contribution in [0.3, 0.4) is 0 Å². The van der Waals surface area contributed by atoms with Crippen molar-refractivity contribution in [1.29, 1.82) is 0 Å². The van der Waals surface area contributed by atoms with E-state index in [2.05, 4.69) is 0 Å². The maximum Gasteiger partial charge on any atom is 0.418 e. The molecule has 1 rings (SSSR count). The maximum atomic E-state index is 10.4. The number of ether oxygens (including phenoxy) is 3. The van der Waals surface area contributed by atoms with Crippen molar-refractivity contribution >= 4 is 6.47 Å². The van der Waals surface area contributed by atoms with Gasteiger partial charge in [0.05, 0.1) is 13.2 Å². The number of benzene rings is 1. The van der Waals surface area contributed by atoms with E-state index in [1.807, 2.05) is 32.0 Å². The Labute approximate surface area is 108 Å². The number of hydrogen-bond acceptors (Lipinski definition) is 4. The minimum atomic E-state index is -0.763. The standard InChI is InChI=1S/C14H19O4/c1-5-16-12-7-11(14(3,4)18-10-15)8-13(9-12)17-6-2/h7-9H,5-6H2,1-4H3. The second-order valence-corrected chi connectivity index (χ2v) is 4.25. The Morgan fingerprint density at radius 1 is 1.06 bits per heavy atom. The Morgan fingerprint density at radius 2 is 1.56 bits per heavy atom. The molecule has 1 radical (unpaired) electrons. The third kappa shape index (κ3) is 3.65.